The number of hydrazone groups is 1. The molecule has 0 aliphatic carbocycles. The SMILES string of the molecule is COc1ccc(C(=O)N2N=C(CCC(C)C)C[C@]2(O)C(F)(F)F)cc1. The van der Waals surface area contributed by atoms with Crippen LogP contribution in [0.3, 0.4) is 0 Å². The van der Waals surface area contributed by atoms with E-state index in [9.17, 15) is 23.1 Å². The first-order chi connectivity index (χ1) is 11.6. The van der Waals surface area contributed by atoms with Gasteiger partial charge in [0.05, 0.1) is 7.11 Å². The van der Waals surface area contributed by atoms with Crippen LogP contribution in [0, 0.1) is 5.92 Å². The first-order valence-electron chi connectivity index (χ1n) is 7.92. The molecule has 138 valence electrons. The number of halogens is 3. The maximum Gasteiger partial charge on any atom is 0.438 e. The molecule has 1 aliphatic heterocycles. The number of benzene rings is 1. The summed E-state index contributed by atoms with van der Waals surface area (Å²) in [6.45, 7) is 3.87. The zero-order chi connectivity index (χ0) is 18.8. The van der Waals surface area contributed by atoms with Crippen LogP contribution in [0.1, 0.15) is 43.5 Å². The number of rotatable bonds is 5. The van der Waals surface area contributed by atoms with Gasteiger partial charge in [-0.3, -0.25) is 4.79 Å². The normalized spacial score (nSPS) is 20.8. The second-order valence-corrected chi connectivity index (χ2v) is 6.44. The lowest BCUT2D eigenvalue weighted by molar-refractivity contribution is -0.297. The van der Waals surface area contributed by atoms with Gasteiger partial charge in [-0.15, -0.1) is 0 Å². The Labute approximate surface area is 144 Å². The van der Waals surface area contributed by atoms with Crippen LogP contribution in [0.5, 0.6) is 5.75 Å². The first-order valence-corrected chi connectivity index (χ1v) is 7.92. The van der Waals surface area contributed by atoms with Crippen molar-refractivity contribution in [2.24, 2.45) is 11.0 Å². The lowest BCUT2D eigenvalue weighted by Gasteiger charge is -2.32. The van der Waals surface area contributed by atoms with Crippen molar-refractivity contribution in [3.63, 3.8) is 0 Å². The molecule has 2 rings (SSSR count). The predicted octanol–water partition coefficient (Wildman–Crippen LogP) is 3.58. The number of hydrogen-bond acceptors (Lipinski definition) is 4. The molecule has 0 unspecified atom stereocenters. The van der Waals surface area contributed by atoms with Gasteiger partial charge in [-0.2, -0.15) is 23.3 Å². The average molecular weight is 358 g/mol. The molecule has 0 saturated carbocycles. The molecular formula is C17H21F3N2O3. The van der Waals surface area contributed by atoms with Crippen LogP contribution in [0.4, 0.5) is 13.2 Å². The highest BCUT2D eigenvalue weighted by Crippen LogP contribution is 2.41. The quantitative estimate of drug-likeness (QED) is 0.875. The summed E-state index contributed by atoms with van der Waals surface area (Å²) >= 11 is 0. The molecular weight excluding hydrogens is 337 g/mol. The zero-order valence-corrected chi connectivity index (χ0v) is 14.3. The van der Waals surface area contributed by atoms with Crippen molar-refractivity contribution in [1.82, 2.24) is 5.01 Å². The van der Waals surface area contributed by atoms with Crippen LogP contribution in [0.15, 0.2) is 29.4 Å². The van der Waals surface area contributed by atoms with E-state index in [1.54, 1.807) is 0 Å². The third-order valence-electron chi connectivity index (χ3n) is 4.04. The van der Waals surface area contributed by atoms with E-state index in [1.807, 2.05) is 13.8 Å². The second-order valence-electron chi connectivity index (χ2n) is 6.44. The fourth-order valence-corrected chi connectivity index (χ4v) is 2.50. The molecule has 0 aromatic heterocycles. The van der Waals surface area contributed by atoms with Crippen molar-refractivity contribution in [3.05, 3.63) is 29.8 Å². The van der Waals surface area contributed by atoms with Gasteiger partial charge >= 0.3 is 6.18 Å². The molecule has 1 aromatic rings. The third-order valence-corrected chi connectivity index (χ3v) is 4.04. The summed E-state index contributed by atoms with van der Waals surface area (Å²) in [7, 11) is 1.44. The summed E-state index contributed by atoms with van der Waals surface area (Å²) in [5.74, 6) is -0.278. The van der Waals surface area contributed by atoms with Gasteiger partial charge in [-0.1, -0.05) is 13.8 Å². The van der Waals surface area contributed by atoms with Crippen LogP contribution in [-0.4, -0.2) is 40.7 Å². The highest BCUT2D eigenvalue weighted by atomic mass is 19.4. The van der Waals surface area contributed by atoms with Crippen molar-refractivity contribution in [2.45, 2.75) is 45.0 Å². The highest BCUT2D eigenvalue weighted by molar-refractivity contribution is 5.98. The molecule has 0 radical (unpaired) electrons. The number of alkyl halides is 3. The Balaban J connectivity index is 2.32. The lowest BCUT2D eigenvalue weighted by atomic mass is 9.99. The predicted molar refractivity (Wildman–Crippen MR) is 86.3 cm³/mol. The molecule has 8 heteroatoms. The van der Waals surface area contributed by atoms with Crippen molar-refractivity contribution >= 4 is 11.6 Å². The highest BCUT2D eigenvalue weighted by Gasteiger charge is 2.63. The van der Waals surface area contributed by atoms with Crippen molar-refractivity contribution in [3.8, 4) is 5.75 Å². The summed E-state index contributed by atoms with van der Waals surface area (Å²) < 4.78 is 45.2. The molecule has 0 saturated heterocycles. The first kappa shape index (κ1) is 19.2. The standard InChI is InChI=1S/C17H21F3N2O3/c1-11(2)4-7-13-10-16(24,17(18,19)20)22(21-13)15(23)12-5-8-14(25-3)9-6-12/h5-6,8-9,11,24H,4,7,10H2,1-3H3/t16-/m0/s1. The summed E-state index contributed by atoms with van der Waals surface area (Å²) in [5.41, 5.74) is -3.18. The molecule has 0 spiro atoms. The fraction of sp³-hybridized carbons (Fsp3) is 0.529. The number of carbonyl (C=O) groups is 1. The number of methoxy groups -OCH3 is 1. The smallest absolute Gasteiger partial charge is 0.438 e. The molecule has 0 bridgehead atoms. The van der Waals surface area contributed by atoms with E-state index in [4.69, 9.17) is 4.74 Å². The summed E-state index contributed by atoms with van der Waals surface area (Å²) in [6.07, 6.45) is -4.83. The van der Waals surface area contributed by atoms with Gasteiger partial charge in [0.15, 0.2) is 0 Å². The maximum atomic E-state index is 13.4. The minimum Gasteiger partial charge on any atom is -0.497 e. The molecule has 0 fully saturated rings. The molecule has 5 nitrogen and oxygen atoms in total. The van der Waals surface area contributed by atoms with E-state index in [0.29, 0.717) is 18.6 Å². The van der Waals surface area contributed by atoms with Gasteiger partial charge in [-0.05, 0) is 43.0 Å². The van der Waals surface area contributed by atoms with Crippen LogP contribution in [-0.2, 0) is 0 Å². The monoisotopic (exact) mass is 358 g/mol. The summed E-state index contributed by atoms with van der Waals surface area (Å²) in [5, 5.41) is 14.2. The lowest BCUT2D eigenvalue weighted by Crippen LogP contribution is -2.56. The maximum absolute atomic E-state index is 13.4. The molecule has 1 aliphatic rings. The van der Waals surface area contributed by atoms with E-state index in [0.717, 1.165) is 0 Å². The summed E-state index contributed by atoms with van der Waals surface area (Å²) in [4.78, 5) is 12.5. The van der Waals surface area contributed by atoms with E-state index >= 15 is 0 Å². The topological polar surface area (TPSA) is 62.1 Å². The van der Waals surface area contributed by atoms with Gasteiger partial charge in [0.2, 0.25) is 0 Å². The fourth-order valence-electron chi connectivity index (χ4n) is 2.50. The van der Waals surface area contributed by atoms with Crippen molar-refractivity contribution in [1.29, 1.82) is 0 Å². The van der Waals surface area contributed by atoms with E-state index in [1.165, 1.54) is 31.4 Å². The van der Waals surface area contributed by atoms with Gasteiger partial charge in [0, 0.05) is 17.7 Å². The number of carbonyl (C=O) groups excluding carboxylic acids is 1. The minimum absolute atomic E-state index is 0.0164. The number of amides is 1. The minimum atomic E-state index is -5.02. The number of aliphatic hydroxyl groups is 1. The number of nitrogens with zero attached hydrogens (tertiary/aromatic N) is 2. The van der Waals surface area contributed by atoms with Gasteiger partial charge in [-0.25, -0.2) is 0 Å². The van der Waals surface area contributed by atoms with Crippen molar-refractivity contribution < 1.29 is 27.8 Å². The average Bonchev–Trinajstić information content (AvgIpc) is 2.90. The molecule has 1 N–H and O–H groups in total. The Hall–Kier alpha value is -2.09. The Kier molecular flexibility index (Phi) is 5.41. The Morgan fingerprint density at radius 2 is 1.96 bits per heavy atom. The van der Waals surface area contributed by atoms with E-state index in [2.05, 4.69) is 5.10 Å². The van der Waals surface area contributed by atoms with Gasteiger partial charge in [0.25, 0.3) is 11.6 Å². The van der Waals surface area contributed by atoms with Gasteiger partial charge in [0.1, 0.15) is 5.75 Å². The Morgan fingerprint density at radius 3 is 2.44 bits per heavy atom. The molecule has 1 atom stereocenters. The zero-order valence-electron chi connectivity index (χ0n) is 14.3. The van der Waals surface area contributed by atoms with Crippen molar-refractivity contribution in [2.75, 3.05) is 7.11 Å². The second kappa shape index (κ2) is 7.03. The molecule has 1 heterocycles. The summed E-state index contributed by atoms with van der Waals surface area (Å²) in [6, 6.07) is 5.58. The Morgan fingerprint density at radius 1 is 1.36 bits per heavy atom. The van der Waals surface area contributed by atoms with E-state index in [-0.39, 0.29) is 22.2 Å². The Bertz CT molecular complexity index is 656. The van der Waals surface area contributed by atoms with Crippen LogP contribution in [0.25, 0.3) is 0 Å². The van der Waals surface area contributed by atoms with Gasteiger partial charge < -0.3 is 9.84 Å². The van der Waals surface area contributed by atoms with Crippen LogP contribution >= 0.6 is 0 Å². The van der Waals surface area contributed by atoms with E-state index < -0.39 is 24.2 Å². The largest absolute Gasteiger partial charge is 0.497 e. The molecule has 1 amide bonds. The third kappa shape index (κ3) is 3.95. The van der Waals surface area contributed by atoms with Crippen LogP contribution in [0.2, 0.25) is 0 Å². The molecule has 25 heavy (non-hydrogen) atoms. The molecule has 1 aromatic carbocycles. The number of ether oxygens (including phenoxy) is 1. The van der Waals surface area contributed by atoms with Crippen LogP contribution < -0.4 is 4.74 Å². The number of hydrogen-bond donors (Lipinski definition) is 1.